The third kappa shape index (κ3) is 3.06. The SMILES string of the molecule is Cc1nc(N2CCCn3nc([C@@H](O)C4CCC4)cc3C2)c(Cl)c(=O)[nH]1. The Morgan fingerprint density at radius 3 is 2.88 bits per heavy atom. The number of rotatable bonds is 3. The standard InChI is InChI=1S/C17H22ClN5O2/c1-10-19-16(14(18)17(25)20-10)22-6-3-7-23-12(9-22)8-13(21-23)15(24)11-4-2-5-11/h8,11,15,24H,2-7,9H2,1H3,(H,19,20,25)/t15-/m0/s1. The van der Waals surface area contributed by atoms with Crippen molar-refractivity contribution in [1.82, 2.24) is 19.7 Å². The summed E-state index contributed by atoms with van der Waals surface area (Å²) in [4.78, 5) is 21.0. The number of anilines is 1. The second-order valence-electron chi connectivity index (χ2n) is 6.98. The number of fused-ring (bicyclic) bond motifs is 1. The van der Waals surface area contributed by atoms with E-state index in [9.17, 15) is 9.90 Å². The minimum atomic E-state index is -0.481. The van der Waals surface area contributed by atoms with Gasteiger partial charge in [0.25, 0.3) is 5.56 Å². The number of hydrogen-bond acceptors (Lipinski definition) is 5. The van der Waals surface area contributed by atoms with E-state index in [2.05, 4.69) is 15.1 Å². The number of nitrogens with one attached hydrogen (secondary N) is 1. The van der Waals surface area contributed by atoms with E-state index in [0.29, 0.717) is 24.1 Å². The van der Waals surface area contributed by atoms with Crippen molar-refractivity contribution in [1.29, 1.82) is 0 Å². The summed E-state index contributed by atoms with van der Waals surface area (Å²) >= 11 is 6.19. The number of nitrogens with zero attached hydrogens (tertiary/aromatic N) is 4. The molecule has 2 N–H and O–H groups in total. The molecule has 0 spiro atoms. The second kappa shape index (κ2) is 6.46. The quantitative estimate of drug-likeness (QED) is 0.872. The molecule has 2 aromatic rings. The maximum atomic E-state index is 11.9. The number of aliphatic hydroxyl groups excluding tert-OH is 1. The Labute approximate surface area is 150 Å². The lowest BCUT2D eigenvalue weighted by Gasteiger charge is -2.29. The first-order valence-corrected chi connectivity index (χ1v) is 9.17. The van der Waals surface area contributed by atoms with Crippen molar-refractivity contribution >= 4 is 17.4 Å². The Morgan fingerprint density at radius 1 is 1.36 bits per heavy atom. The van der Waals surface area contributed by atoms with Gasteiger partial charge in [-0.1, -0.05) is 18.0 Å². The summed E-state index contributed by atoms with van der Waals surface area (Å²) < 4.78 is 1.96. The molecule has 1 aliphatic carbocycles. The van der Waals surface area contributed by atoms with Crippen LogP contribution >= 0.6 is 11.6 Å². The molecule has 0 aromatic carbocycles. The van der Waals surface area contributed by atoms with E-state index >= 15 is 0 Å². The van der Waals surface area contributed by atoms with Crippen LogP contribution in [0.2, 0.25) is 5.02 Å². The average molecular weight is 364 g/mol. The fourth-order valence-electron chi connectivity index (χ4n) is 3.57. The van der Waals surface area contributed by atoms with Crippen LogP contribution < -0.4 is 10.5 Å². The van der Waals surface area contributed by atoms with E-state index in [-0.39, 0.29) is 10.6 Å². The number of H-pyrrole nitrogens is 1. The van der Waals surface area contributed by atoms with Crippen LogP contribution in [0.15, 0.2) is 10.9 Å². The van der Waals surface area contributed by atoms with Crippen molar-refractivity contribution in [3.05, 3.63) is 38.7 Å². The molecule has 0 radical (unpaired) electrons. The van der Waals surface area contributed by atoms with Crippen LogP contribution in [0.3, 0.4) is 0 Å². The molecular weight excluding hydrogens is 342 g/mol. The van der Waals surface area contributed by atoms with Crippen LogP contribution in [-0.4, -0.2) is 31.4 Å². The fraction of sp³-hybridized carbons (Fsp3) is 0.588. The van der Waals surface area contributed by atoms with Crippen LogP contribution in [0.5, 0.6) is 0 Å². The molecule has 4 rings (SSSR count). The number of hydrogen-bond donors (Lipinski definition) is 2. The van der Waals surface area contributed by atoms with Gasteiger partial charge in [-0.15, -0.1) is 0 Å². The molecule has 134 valence electrons. The zero-order chi connectivity index (χ0) is 17.6. The molecule has 1 saturated carbocycles. The Kier molecular flexibility index (Phi) is 4.29. The van der Waals surface area contributed by atoms with Gasteiger partial charge in [0.2, 0.25) is 0 Å². The molecule has 3 heterocycles. The van der Waals surface area contributed by atoms with Crippen molar-refractivity contribution in [2.75, 3.05) is 11.4 Å². The molecule has 8 heteroatoms. The van der Waals surface area contributed by atoms with Crippen LogP contribution in [0.4, 0.5) is 5.82 Å². The largest absolute Gasteiger partial charge is 0.386 e. The molecule has 1 fully saturated rings. The highest BCUT2D eigenvalue weighted by Crippen LogP contribution is 2.37. The maximum absolute atomic E-state index is 11.9. The number of halogens is 1. The lowest BCUT2D eigenvalue weighted by molar-refractivity contribution is 0.0581. The monoisotopic (exact) mass is 363 g/mol. The summed E-state index contributed by atoms with van der Waals surface area (Å²) in [5.74, 6) is 1.39. The zero-order valence-electron chi connectivity index (χ0n) is 14.2. The number of aromatic nitrogens is 4. The molecule has 1 aliphatic heterocycles. The van der Waals surface area contributed by atoms with E-state index in [0.717, 1.165) is 43.7 Å². The fourth-order valence-corrected chi connectivity index (χ4v) is 3.78. The molecule has 1 atom stereocenters. The molecule has 0 saturated heterocycles. The lowest BCUT2D eigenvalue weighted by Crippen LogP contribution is -2.27. The average Bonchev–Trinajstić information content (AvgIpc) is 2.81. The van der Waals surface area contributed by atoms with Crippen LogP contribution in [0, 0.1) is 12.8 Å². The Balaban J connectivity index is 1.63. The molecule has 7 nitrogen and oxygen atoms in total. The van der Waals surface area contributed by atoms with Gasteiger partial charge in [-0.2, -0.15) is 5.10 Å². The predicted molar refractivity (Wildman–Crippen MR) is 94.8 cm³/mol. The maximum Gasteiger partial charge on any atom is 0.271 e. The number of aliphatic hydroxyl groups is 1. The summed E-state index contributed by atoms with van der Waals surface area (Å²) in [5, 5.41) is 15.2. The van der Waals surface area contributed by atoms with Crippen molar-refractivity contribution in [2.24, 2.45) is 5.92 Å². The van der Waals surface area contributed by atoms with Crippen LogP contribution in [0.1, 0.15) is 49.0 Å². The molecule has 2 aromatic heterocycles. The van der Waals surface area contributed by atoms with Gasteiger partial charge < -0.3 is 15.0 Å². The van der Waals surface area contributed by atoms with Crippen LogP contribution in [0.25, 0.3) is 0 Å². The van der Waals surface area contributed by atoms with Gasteiger partial charge in [0.15, 0.2) is 5.82 Å². The van der Waals surface area contributed by atoms with E-state index in [1.807, 2.05) is 15.6 Å². The number of aryl methyl sites for hydroxylation is 2. The molecule has 0 unspecified atom stereocenters. The van der Waals surface area contributed by atoms with Crippen molar-refractivity contribution in [3.63, 3.8) is 0 Å². The van der Waals surface area contributed by atoms with Crippen molar-refractivity contribution < 1.29 is 5.11 Å². The minimum Gasteiger partial charge on any atom is -0.386 e. The Bertz CT molecular complexity index is 842. The van der Waals surface area contributed by atoms with Crippen LogP contribution in [-0.2, 0) is 13.1 Å². The second-order valence-corrected chi connectivity index (χ2v) is 7.36. The summed E-state index contributed by atoms with van der Waals surface area (Å²) in [6.07, 6.45) is 3.72. The van der Waals surface area contributed by atoms with E-state index < -0.39 is 6.10 Å². The summed E-state index contributed by atoms with van der Waals surface area (Å²) in [5.41, 5.74) is 1.45. The van der Waals surface area contributed by atoms with Gasteiger partial charge in [0.1, 0.15) is 17.0 Å². The van der Waals surface area contributed by atoms with E-state index in [4.69, 9.17) is 11.6 Å². The third-order valence-corrected chi connectivity index (χ3v) is 5.54. The molecule has 2 aliphatic rings. The van der Waals surface area contributed by atoms with E-state index in [1.54, 1.807) is 6.92 Å². The van der Waals surface area contributed by atoms with Gasteiger partial charge >= 0.3 is 0 Å². The van der Waals surface area contributed by atoms with Gasteiger partial charge in [0, 0.05) is 13.1 Å². The highest BCUT2D eigenvalue weighted by Gasteiger charge is 2.30. The molecule has 0 bridgehead atoms. The van der Waals surface area contributed by atoms with Crippen molar-refractivity contribution in [3.8, 4) is 0 Å². The topological polar surface area (TPSA) is 87.0 Å². The number of aromatic amines is 1. The molecule has 25 heavy (non-hydrogen) atoms. The first-order valence-electron chi connectivity index (χ1n) is 8.79. The summed E-state index contributed by atoms with van der Waals surface area (Å²) in [6, 6.07) is 1.98. The van der Waals surface area contributed by atoms with Gasteiger partial charge in [-0.3, -0.25) is 9.48 Å². The highest BCUT2D eigenvalue weighted by atomic mass is 35.5. The Morgan fingerprint density at radius 2 is 2.16 bits per heavy atom. The molecular formula is C17H22ClN5O2. The van der Waals surface area contributed by atoms with Gasteiger partial charge in [0.05, 0.1) is 17.9 Å². The normalized spacial score (nSPS) is 19.2. The first kappa shape index (κ1) is 16.6. The lowest BCUT2D eigenvalue weighted by atomic mass is 9.80. The summed E-state index contributed by atoms with van der Waals surface area (Å²) in [6.45, 7) is 3.85. The Hall–Kier alpha value is -1.86. The summed E-state index contributed by atoms with van der Waals surface area (Å²) in [7, 11) is 0. The first-order chi connectivity index (χ1) is 12.0. The van der Waals surface area contributed by atoms with Gasteiger partial charge in [-0.05, 0) is 38.2 Å². The predicted octanol–water partition coefficient (Wildman–Crippen LogP) is 2.17. The molecule has 0 amide bonds. The van der Waals surface area contributed by atoms with Gasteiger partial charge in [-0.25, -0.2) is 4.98 Å². The van der Waals surface area contributed by atoms with E-state index in [1.165, 1.54) is 6.42 Å². The van der Waals surface area contributed by atoms with Crippen molar-refractivity contribution in [2.45, 2.75) is 51.8 Å². The zero-order valence-corrected chi connectivity index (χ0v) is 15.0. The highest BCUT2D eigenvalue weighted by molar-refractivity contribution is 6.32. The third-order valence-electron chi connectivity index (χ3n) is 5.20. The minimum absolute atomic E-state index is 0.119. The smallest absolute Gasteiger partial charge is 0.271 e.